The van der Waals surface area contributed by atoms with E-state index in [1.165, 1.54) is 0 Å². The van der Waals surface area contributed by atoms with Crippen LogP contribution in [0.1, 0.15) is 18.2 Å². The number of anilines is 1. The molecule has 0 saturated heterocycles. The molecule has 1 heterocycles. The zero-order chi connectivity index (χ0) is 9.14. The van der Waals surface area contributed by atoms with Crippen molar-refractivity contribution < 1.29 is 0 Å². The van der Waals surface area contributed by atoms with Gasteiger partial charge in [0.2, 0.25) is 0 Å². The summed E-state index contributed by atoms with van der Waals surface area (Å²) in [6, 6.07) is 1.79. The van der Waals surface area contributed by atoms with Crippen molar-refractivity contribution in [3.8, 4) is 0 Å². The molecule has 4 N–H and O–H groups in total. The minimum Gasteiger partial charge on any atom is -0.397 e. The Hall–Kier alpha value is -0.800. The highest BCUT2D eigenvalue weighted by Gasteiger charge is 2.04. The van der Waals surface area contributed by atoms with Gasteiger partial charge in [0.05, 0.1) is 11.4 Å². The zero-order valence-corrected chi connectivity index (χ0v) is 7.73. The van der Waals surface area contributed by atoms with Crippen LogP contribution in [0.25, 0.3) is 0 Å². The molecule has 0 bridgehead atoms. The van der Waals surface area contributed by atoms with E-state index < -0.39 is 0 Å². The zero-order valence-electron chi connectivity index (χ0n) is 6.97. The van der Waals surface area contributed by atoms with E-state index in [9.17, 15) is 0 Å². The van der Waals surface area contributed by atoms with Crippen molar-refractivity contribution in [2.24, 2.45) is 5.73 Å². The molecule has 0 fully saturated rings. The van der Waals surface area contributed by atoms with Crippen LogP contribution in [0.3, 0.4) is 0 Å². The Morgan fingerprint density at radius 2 is 2.25 bits per heavy atom. The van der Waals surface area contributed by atoms with E-state index in [0.717, 1.165) is 17.7 Å². The van der Waals surface area contributed by atoms with Crippen LogP contribution in [-0.4, -0.2) is 4.98 Å². The lowest BCUT2D eigenvalue weighted by atomic mass is 10.2. The lowest BCUT2D eigenvalue weighted by molar-refractivity contribution is 0.994. The second-order valence-corrected chi connectivity index (χ2v) is 2.89. The number of nitrogens with zero attached hydrogens (tertiary/aromatic N) is 1. The van der Waals surface area contributed by atoms with Gasteiger partial charge in [-0.05, 0) is 12.5 Å². The molecular weight excluding hydrogens is 174 g/mol. The third-order valence-corrected chi connectivity index (χ3v) is 2.04. The van der Waals surface area contributed by atoms with Crippen molar-refractivity contribution in [1.82, 2.24) is 4.98 Å². The van der Waals surface area contributed by atoms with Gasteiger partial charge >= 0.3 is 0 Å². The van der Waals surface area contributed by atoms with Crippen molar-refractivity contribution in [1.29, 1.82) is 0 Å². The van der Waals surface area contributed by atoms with Crippen LogP contribution < -0.4 is 11.5 Å². The van der Waals surface area contributed by atoms with Gasteiger partial charge in [0.25, 0.3) is 0 Å². The number of aryl methyl sites for hydroxylation is 1. The highest BCUT2D eigenvalue weighted by molar-refractivity contribution is 6.30. The van der Waals surface area contributed by atoms with E-state index in [1.54, 1.807) is 6.07 Å². The third kappa shape index (κ3) is 1.68. The van der Waals surface area contributed by atoms with Gasteiger partial charge in [0.15, 0.2) is 0 Å². The lowest BCUT2D eigenvalue weighted by Gasteiger charge is -2.06. The Morgan fingerprint density at radius 3 is 2.75 bits per heavy atom. The van der Waals surface area contributed by atoms with Gasteiger partial charge in [-0.1, -0.05) is 18.5 Å². The molecule has 0 saturated carbocycles. The van der Waals surface area contributed by atoms with Gasteiger partial charge in [-0.25, -0.2) is 4.98 Å². The standard InChI is InChI=1S/C8H12ClN3/c1-2-7-6(11)3-5(4-10)8(9)12-7/h3H,2,4,10-11H2,1H3. The van der Waals surface area contributed by atoms with Crippen molar-refractivity contribution >= 4 is 17.3 Å². The quantitative estimate of drug-likeness (QED) is 0.684. The SMILES string of the molecule is CCc1nc(Cl)c(CN)cc1N. The fourth-order valence-corrected chi connectivity index (χ4v) is 1.25. The van der Waals surface area contributed by atoms with Crippen molar-refractivity contribution in [3.05, 3.63) is 22.5 Å². The summed E-state index contributed by atoms with van der Waals surface area (Å²) in [5, 5.41) is 0.462. The molecule has 0 atom stereocenters. The molecule has 1 rings (SSSR count). The second-order valence-electron chi connectivity index (χ2n) is 2.53. The molecule has 66 valence electrons. The predicted molar refractivity (Wildman–Crippen MR) is 50.9 cm³/mol. The van der Waals surface area contributed by atoms with E-state index in [-0.39, 0.29) is 0 Å². The van der Waals surface area contributed by atoms with Gasteiger partial charge in [0, 0.05) is 12.1 Å². The number of pyridine rings is 1. The van der Waals surface area contributed by atoms with Gasteiger partial charge < -0.3 is 11.5 Å². The predicted octanol–water partition coefficient (Wildman–Crippen LogP) is 1.34. The second kappa shape index (κ2) is 3.74. The molecule has 0 spiro atoms. The fraction of sp³-hybridized carbons (Fsp3) is 0.375. The molecule has 3 nitrogen and oxygen atoms in total. The molecule has 0 radical (unpaired) electrons. The first-order chi connectivity index (χ1) is 5.69. The van der Waals surface area contributed by atoms with E-state index in [1.807, 2.05) is 6.92 Å². The summed E-state index contributed by atoms with van der Waals surface area (Å²) in [7, 11) is 0. The van der Waals surface area contributed by atoms with Crippen LogP contribution in [0.4, 0.5) is 5.69 Å². The molecule has 12 heavy (non-hydrogen) atoms. The summed E-state index contributed by atoms with van der Waals surface area (Å²) in [5.41, 5.74) is 13.4. The monoisotopic (exact) mass is 185 g/mol. The van der Waals surface area contributed by atoms with E-state index in [2.05, 4.69) is 4.98 Å². The molecule has 0 aliphatic heterocycles. The number of rotatable bonds is 2. The third-order valence-electron chi connectivity index (χ3n) is 1.72. The molecule has 0 aliphatic rings. The van der Waals surface area contributed by atoms with Gasteiger partial charge in [-0.15, -0.1) is 0 Å². The first-order valence-corrected chi connectivity index (χ1v) is 4.20. The number of nitrogen functional groups attached to an aromatic ring is 1. The van der Waals surface area contributed by atoms with Gasteiger partial charge in [-0.3, -0.25) is 0 Å². The topological polar surface area (TPSA) is 64.9 Å². The first-order valence-electron chi connectivity index (χ1n) is 3.82. The minimum absolute atomic E-state index is 0.375. The molecule has 1 aromatic heterocycles. The van der Waals surface area contributed by atoms with Crippen LogP contribution in [0.5, 0.6) is 0 Å². The van der Waals surface area contributed by atoms with Gasteiger partial charge in [-0.2, -0.15) is 0 Å². The summed E-state index contributed by atoms with van der Waals surface area (Å²) in [6.07, 6.45) is 0.788. The fourth-order valence-electron chi connectivity index (χ4n) is 1.01. The van der Waals surface area contributed by atoms with Crippen LogP contribution >= 0.6 is 11.6 Å². The summed E-state index contributed by atoms with van der Waals surface area (Å²) in [6.45, 7) is 2.36. The average Bonchev–Trinajstić information content (AvgIpc) is 2.08. The van der Waals surface area contributed by atoms with Crippen molar-refractivity contribution in [3.63, 3.8) is 0 Å². The highest BCUT2D eigenvalue weighted by atomic mass is 35.5. The van der Waals surface area contributed by atoms with Crippen LogP contribution in [0.15, 0.2) is 6.07 Å². The molecule has 4 heteroatoms. The maximum absolute atomic E-state index is 5.83. The van der Waals surface area contributed by atoms with Crippen LogP contribution in [0, 0.1) is 0 Å². The summed E-state index contributed by atoms with van der Waals surface area (Å²) in [5.74, 6) is 0. The summed E-state index contributed by atoms with van der Waals surface area (Å²) >= 11 is 5.83. The van der Waals surface area contributed by atoms with Crippen LogP contribution in [0.2, 0.25) is 5.15 Å². The molecule has 0 amide bonds. The molecule has 0 aliphatic carbocycles. The number of aromatic nitrogens is 1. The molecule has 1 aromatic rings. The first kappa shape index (κ1) is 9.29. The van der Waals surface area contributed by atoms with E-state index >= 15 is 0 Å². The number of hydrogen-bond donors (Lipinski definition) is 2. The van der Waals surface area contributed by atoms with Crippen molar-refractivity contribution in [2.45, 2.75) is 19.9 Å². The normalized spacial score (nSPS) is 10.2. The minimum atomic E-state index is 0.375. The largest absolute Gasteiger partial charge is 0.397 e. The Kier molecular flexibility index (Phi) is 2.89. The maximum atomic E-state index is 5.83. The Bertz CT molecular complexity index is 256. The van der Waals surface area contributed by atoms with E-state index in [0.29, 0.717) is 17.4 Å². The highest BCUT2D eigenvalue weighted by Crippen LogP contribution is 2.19. The molecule has 0 aromatic carbocycles. The number of nitrogens with two attached hydrogens (primary N) is 2. The lowest BCUT2D eigenvalue weighted by Crippen LogP contribution is -2.04. The average molecular weight is 186 g/mol. The smallest absolute Gasteiger partial charge is 0.133 e. The van der Waals surface area contributed by atoms with Gasteiger partial charge in [0.1, 0.15) is 5.15 Å². The Balaban J connectivity index is 3.16. The summed E-state index contributed by atoms with van der Waals surface area (Å²) < 4.78 is 0. The van der Waals surface area contributed by atoms with Crippen LogP contribution in [-0.2, 0) is 13.0 Å². The number of halogens is 1. The number of hydrogen-bond acceptors (Lipinski definition) is 3. The van der Waals surface area contributed by atoms with E-state index in [4.69, 9.17) is 23.1 Å². The summed E-state index contributed by atoms with van der Waals surface area (Å²) in [4.78, 5) is 4.12. The molecule has 0 unspecified atom stereocenters. The molecular formula is C8H12ClN3. The van der Waals surface area contributed by atoms with Crippen molar-refractivity contribution in [2.75, 3.05) is 5.73 Å². The Morgan fingerprint density at radius 1 is 1.58 bits per heavy atom. The Labute approximate surface area is 76.7 Å². The maximum Gasteiger partial charge on any atom is 0.133 e.